The molecule has 2 aromatic carbocycles. The summed E-state index contributed by atoms with van der Waals surface area (Å²) in [5.74, 6) is 0.103. The van der Waals surface area contributed by atoms with Crippen LogP contribution in [0.3, 0.4) is 0 Å². The first-order valence-electron chi connectivity index (χ1n) is 6.92. The molecule has 0 saturated carbocycles. The molecule has 0 unspecified atom stereocenters. The number of nitro groups is 1. The number of hydrogen-bond donors (Lipinski definition) is 0. The Morgan fingerprint density at radius 3 is 2.58 bits per heavy atom. The van der Waals surface area contributed by atoms with Crippen molar-refractivity contribution in [1.82, 2.24) is 4.98 Å². The fourth-order valence-electron chi connectivity index (χ4n) is 2.33. The molecule has 3 aromatic rings. The van der Waals surface area contributed by atoms with Crippen LogP contribution in [-0.2, 0) is 10.1 Å². The molecule has 3 rings (SSSR count). The molecule has 0 saturated heterocycles. The molecule has 0 aliphatic heterocycles. The fraction of sp³-hybridized carbons (Fsp3) is 0.0625. The van der Waals surface area contributed by atoms with Gasteiger partial charge < -0.3 is 4.18 Å². The predicted octanol–water partition coefficient (Wildman–Crippen LogP) is 3.22. The Hall–Kier alpha value is -3.00. The number of nitro benzene ring substituents is 1. The zero-order valence-electron chi connectivity index (χ0n) is 12.5. The summed E-state index contributed by atoms with van der Waals surface area (Å²) in [5, 5.41) is 11.5. The summed E-state index contributed by atoms with van der Waals surface area (Å²) >= 11 is 0. The maximum atomic E-state index is 12.5. The predicted molar refractivity (Wildman–Crippen MR) is 87.4 cm³/mol. The number of nitrogens with zero attached hydrogens (tertiary/aromatic N) is 2. The number of rotatable bonds is 4. The highest BCUT2D eigenvalue weighted by molar-refractivity contribution is 7.87. The highest BCUT2D eigenvalue weighted by atomic mass is 32.2. The molecule has 8 heteroatoms. The summed E-state index contributed by atoms with van der Waals surface area (Å²) in [4.78, 5) is 14.2. The minimum absolute atomic E-state index is 0.103. The molecular weight excluding hydrogens is 332 g/mol. The Morgan fingerprint density at radius 1 is 1.12 bits per heavy atom. The van der Waals surface area contributed by atoms with E-state index in [-0.39, 0.29) is 21.9 Å². The number of para-hydroxylation sites is 1. The van der Waals surface area contributed by atoms with Crippen LogP contribution in [0.2, 0.25) is 0 Å². The molecule has 0 aliphatic rings. The number of benzene rings is 2. The summed E-state index contributed by atoms with van der Waals surface area (Å²) in [7, 11) is -4.14. The summed E-state index contributed by atoms with van der Waals surface area (Å²) in [6.07, 6.45) is 1.54. The third-order valence-electron chi connectivity index (χ3n) is 3.43. The number of hydrogen-bond acceptors (Lipinski definition) is 6. The van der Waals surface area contributed by atoms with Gasteiger partial charge >= 0.3 is 10.1 Å². The Labute approximate surface area is 137 Å². The van der Waals surface area contributed by atoms with Crippen LogP contribution in [0.5, 0.6) is 5.75 Å². The van der Waals surface area contributed by atoms with E-state index in [9.17, 15) is 18.5 Å². The maximum Gasteiger partial charge on any atom is 0.339 e. The number of aryl methyl sites for hydroxylation is 1. The molecule has 0 atom stereocenters. The Balaban J connectivity index is 2.04. The van der Waals surface area contributed by atoms with Gasteiger partial charge in [-0.05, 0) is 30.7 Å². The lowest BCUT2D eigenvalue weighted by atomic mass is 10.2. The molecule has 1 aromatic heterocycles. The van der Waals surface area contributed by atoms with Gasteiger partial charge in [-0.25, -0.2) is 0 Å². The second-order valence-corrected chi connectivity index (χ2v) is 6.59. The maximum absolute atomic E-state index is 12.5. The molecule has 0 fully saturated rings. The number of pyridine rings is 1. The summed E-state index contributed by atoms with van der Waals surface area (Å²) in [6.45, 7) is 1.48. The smallest absolute Gasteiger partial charge is 0.339 e. The van der Waals surface area contributed by atoms with E-state index in [1.807, 2.05) is 0 Å². The highest BCUT2D eigenvalue weighted by Gasteiger charge is 2.22. The molecule has 24 heavy (non-hydrogen) atoms. The van der Waals surface area contributed by atoms with Crippen LogP contribution in [-0.4, -0.2) is 18.3 Å². The van der Waals surface area contributed by atoms with Crippen LogP contribution in [0.1, 0.15) is 5.56 Å². The van der Waals surface area contributed by atoms with Crippen molar-refractivity contribution in [3.05, 3.63) is 70.4 Å². The zero-order valence-corrected chi connectivity index (χ0v) is 13.4. The van der Waals surface area contributed by atoms with Crippen molar-refractivity contribution in [2.75, 3.05) is 0 Å². The minimum atomic E-state index is -4.14. The number of non-ortho nitro benzene ring substituents is 1. The van der Waals surface area contributed by atoms with E-state index in [1.165, 1.54) is 25.1 Å². The molecule has 1 heterocycles. The van der Waals surface area contributed by atoms with Crippen molar-refractivity contribution in [1.29, 1.82) is 0 Å². The molecule has 0 N–H and O–H groups in total. The van der Waals surface area contributed by atoms with Crippen molar-refractivity contribution in [3.63, 3.8) is 0 Å². The summed E-state index contributed by atoms with van der Waals surface area (Å²) in [6, 6.07) is 12.0. The van der Waals surface area contributed by atoms with Gasteiger partial charge in [0.05, 0.1) is 4.92 Å². The lowest BCUT2D eigenvalue weighted by molar-refractivity contribution is -0.385. The monoisotopic (exact) mass is 344 g/mol. The van der Waals surface area contributed by atoms with Gasteiger partial charge in [0.25, 0.3) is 5.69 Å². The molecular formula is C16H12N2O5S. The van der Waals surface area contributed by atoms with Gasteiger partial charge in [-0.2, -0.15) is 8.42 Å². The van der Waals surface area contributed by atoms with Crippen LogP contribution in [0.4, 0.5) is 5.69 Å². The SMILES string of the molecule is Cc1cc([N+](=O)[O-])ccc1S(=O)(=O)Oc1cccc2cccnc12. The van der Waals surface area contributed by atoms with Gasteiger partial charge in [-0.3, -0.25) is 15.1 Å². The van der Waals surface area contributed by atoms with Gasteiger partial charge in [-0.1, -0.05) is 18.2 Å². The van der Waals surface area contributed by atoms with Gasteiger partial charge in [0.1, 0.15) is 10.4 Å². The third-order valence-corrected chi connectivity index (χ3v) is 4.83. The van der Waals surface area contributed by atoms with Gasteiger partial charge in [0, 0.05) is 23.7 Å². The first-order chi connectivity index (χ1) is 11.4. The second-order valence-electron chi connectivity index (χ2n) is 5.08. The Kier molecular flexibility index (Phi) is 3.90. The van der Waals surface area contributed by atoms with Gasteiger partial charge in [-0.15, -0.1) is 0 Å². The van der Waals surface area contributed by atoms with Crippen LogP contribution in [0, 0.1) is 17.0 Å². The minimum Gasteiger partial charge on any atom is -0.377 e. The van der Waals surface area contributed by atoms with E-state index in [1.54, 1.807) is 30.5 Å². The topological polar surface area (TPSA) is 99.4 Å². The largest absolute Gasteiger partial charge is 0.377 e. The summed E-state index contributed by atoms with van der Waals surface area (Å²) < 4.78 is 30.3. The Bertz CT molecular complexity index is 1040. The highest BCUT2D eigenvalue weighted by Crippen LogP contribution is 2.28. The van der Waals surface area contributed by atoms with Gasteiger partial charge in [0.15, 0.2) is 5.75 Å². The van der Waals surface area contributed by atoms with E-state index in [0.717, 1.165) is 11.5 Å². The average molecular weight is 344 g/mol. The molecule has 122 valence electrons. The second kappa shape index (κ2) is 5.89. The fourth-order valence-corrected chi connectivity index (χ4v) is 3.48. The van der Waals surface area contributed by atoms with Crippen LogP contribution < -0.4 is 4.18 Å². The lowest BCUT2D eigenvalue weighted by Gasteiger charge is -2.10. The van der Waals surface area contributed by atoms with Crippen LogP contribution >= 0.6 is 0 Å². The van der Waals surface area contributed by atoms with E-state index in [0.29, 0.717) is 5.52 Å². The molecule has 7 nitrogen and oxygen atoms in total. The Morgan fingerprint density at radius 2 is 1.88 bits per heavy atom. The first-order valence-corrected chi connectivity index (χ1v) is 8.32. The standard InChI is InChI=1S/C16H12N2O5S/c1-11-10-13(18(19)20)7-8-15(11)24(21,22)23-14-6-2-4-12-5-3-9-17-16(12)14/h2-10H,1H3. The van der Waals surface area contributed by atoms with Crippen LogP contribution in [0.25, 0.3) is 10.9 Å². The van der Waals surface area contributed by atoms with E-state index in [4.69, 9.17) is 4.18 Å². The van der Waals surface area contributed by atoms with Gasteiger partial charge in [0.2, 0.25) is 0 Å². The van der Waals surface area contributed by atoms with E-state index < -0.39 is 15.0 Å². The molecule has 0 radical (unpaired) electrons. The molecule has 0 aliphatic carbocycles. The third kappa shape index (κ3) is 2.91. The molecule has 0 spiro atoms. The molecule has 0 bridgehead atoms. The normalized spacial score (nSPS) is 11.4. The number of aromatic nitrogens is 1. The van der Waals surface area contributed by atoms with Crippen molar-refractivity contribution >= 4 is 26.7 Å². The van der Waals surface area contributed by atoms with E-state index in [2.05, 4.69) is 4.98 Å². The van der Waals surface area contributed by atoms with E-state index >= 15 is 0 Å². The van der Waals surface area contributed by atoms with Crippen molar-refractivity contribution in [2.45, 2.75) is 11.8 Å². The van der Waals surface area contributed by atoms with Crippen LogP contribution in [0.15, 0.2) is 59.6 Å². The summed E-state index contributed by atoms with van der Waals surface area (Å²) in [5.41, 5.74) is 0.471. The zero-order chi connectivity index (χ0) is 17.3. The quantitative estimate of drug-likeness (QED) is 0.409. The first kappa shape index (κ1) is 15.9. The average Bonchev–Trinajstić information content (AvgIpc) is 2.54. The lowest BCUT2D eigenvalue weighted by Crippen LogP contribution is -2.12. The van der Waals surface area contributed by atoms with Crippen molar-refractivity contribution in [2.24, 2.45) is 0 Å². The van der Waals surface area contributed by atoms with Crippen molar-refractivity contribution in [3.8, 4) is 5.75 Å². The molecule has 0 amide bonds. The van der Waals surface area contributed by atoms with Crippen molar-refractivity contribution < 1.29 is 17.5 Å². The number of fused-ring (bicyclic) bond motifs is 1.